The third-order valence-corrected chi connectivity index (χ3v) is 4.79. The topological polar surface area (TPSA) is 29.5 Å². The van der Waals surface area contributed by atoms with Crippen LogP contribution in [0, 0.1) is 5.82 Å². The fourth-order valence-corrected chi connectivity index (χ4v) is 3.47. The Balaban J connectivity index is 1.65. The van der Waals surface area contributed by atoms with Crippen molar-refractivity contribution >= 4 is 5.97 Å². The minimum Gasteiger partial charge on any atom is -0.457 e. The summed E-state index contributed by atoms with van der Waals surface area (Å²) in [6, 6.07) is 16.5. The Morgan fingerprint density at radius 1 is 1.16 bits per heavy atom. The molecule has 0 bridgehead atoms. The van der Waals surface area contributed by atoms with E-state index in [1.807, 2.05) is 54.3 Å². The number of hydrogen-bond acceptors (Lipinski definition) is 3. The van der Waals surface area contributed by atoms with Crippen molar-refractivity contribution in [2.75, 3.05) is 13.1 Å². The van der Waals surface area contributed by atoms with E-state index in [-0.39, 0.29) is 30.5 Å². The van der Waals surface area contributed by atoms with Crippen molar-refractivity contribution in [3.63, 3.8) is 0 Å². The van der Waals surface area contributed by atoms with Crippen LogP contribution in [0.5, 0.6) is 0 Å². The van der Waals surface area contributed by atoms with E-state index in [1.54, 1.807) is 6.07 Å². The number of likely N-dealkylation sites (tertiary alicyclic amines) is 1. The number of piperidine rings is 1. The Hall–Kier alpha value is -2.20. The Labute approximate surface area is 148 Å². The van der Waals surface area contributed by atoms with Gasteiger partial charge in [-0.15, -0.1) is 0 Å². The van der Waals surface area contributed by atoms with Crippen molar-refractivity contribution in [3.8, 4) is 0 Å². The van der Waals surface area contributed by atoms with Crippen molar-refractivity contribution in [2.24, 2.45) is 0 Å². The van der Waals surface area contributed by atoms with Crippen LogP contribution in [0.2, 0.25) is 0 Å². The largest absolute Gasteiger partial charge is 0.457 e. The summed E-state index contributed by atoms with van der Waals surface area (Å²) in [6.07, 6.45) is 2.64. The molecule has 1 fully saturated rings. The Bertz CT molecular complexity index is 704. The number of ether oxygens (including phenoxy) is 1. The van der Waals surface area contributed by atoms with E-state index in [2.05, 4.69) is 0 Å². The molecule has 2 unspecified atom stereocenters. The molecule has 0 radical (unpaired) electrons. The normalized spacial score (nSPS) is 19.4. The van der Waals surface area contributed by atoms with E-state index in [0.717, 1.165) is 31.4 Å². The molecule has 0 N–H and O–H groups in total. The lowest BCUT2D eigenvalue weighted by molar-refractivity contribution is -0.151. The first kappa shape index (κ1) is 17.6. The van der Waals surface area contributed by atoms with Crippen LogP contribution < -0.4 is 0 Å². The van der Waals surface area contributed by atoms with Crippen LogP contribution in [0.4, 0.5) is 4.39 Å². The standard InChI is InChI=1S/C21H24FNO2/c1-16(17-9-3-2-4-10-17)25-21(24)15-23-14-8-7-13-20(23)18-11-5-6-12-19(18)22/h2-6,9-12,16,20H,7-8,13-15H2,1H3. The van der Waals surface area contributed by atoms with Crippen LogP contribution in [0.15, 0.2) is 54.6 Å². The maximum atomic E-state index is 14.2. The van der Waals surface area contributed by atoms with Gasteiger partial charge >= 0.3 is 5.97 Å². The highest BCUT2D eigenvalue weighted by Crippen LogP contribution is 2.32. The van der Waals surface area contributed by atoms with Gasteiger partial charge < -0.3 is 4.74 Å². The summed E-state index contributed by atoms with van der Waals surface area (Å²) in [5, 5.41) is 0. The van der Waals surface area contributed by atoms with Crippen LogP contribution in [-0.4, -0.2) is 24.0 Å². The lowest BCUT2D eigenvalue weighted by atomic mass is 9.95. The van der Waals surface area contributed by atoms with E-state index < -0.39 is 0 Å². The van der Waals surface area contributed by atoms with Crippen molar-refractivity contribution < 1.29 is 13.9 Å². The molecular weight excluding hydrogens is 317 g/mol. The van der Waals surface area contributed by atoms with Gasteiger partial charge in [0.2, 0.25) is 0 Å². The molecule has 0 aliphatic carbocycles. The molecule has 2 aromatic rings. The third-order valence-electron chi connectivity index (χ3n) is 4.79. The molecule has 0 aromatic heterocycles. The zero-order valence-electron chi connectivity index (χ0n) is 14.5. The molecule has 1 aliphatic heterocycles. The van der Waals surface area contributed by atoms with Gasteiger partial charge in [-0.05, 0) is 37.9 Å². The fourth-order valence-electron chi connectivity index (χ4n) is 3.47. The van der Waals surface area contributed by atoms with E-state index >= 15 is 0 Å². The number of esters is 1. The summed E-state index contributed by atoms with van der Waals surface area (Å²) in [4.78, 5) is 14.4. The van der Waals surface area contributed by atoms with Gasteiger partial charge in [0.25, 0.3) is 0 Å². The molecule has 1 heterocycles. The number of carbonyl (C=O) groups excluding carboxylic acids is 1. The zero-order valence-corrected chi connectivity index (χ0v) is 14.5. The molecule has 0 saturated carbocycles. The molecule has 3 nitrogen and oxygen atoms in total. The SMILES string of the molecule is CC(OC(=O)CN1CCCCC1c1ccccc1F)c1ccccc1. The van der Waals surface area contributed by atoms with Crippen molar-refractivity contribution in [3.05, 3.63) is 71.5 Å². The van der Waals surface area contributed by atoms with Gasteiger partial charge in [-0.1, -0.05) is 55.0 Å². The first-order valence-corrected chi connectivity index (χ1v) is 8.88. The predicted octanol–water partition coefficient (Wildman–Crippen LogP) is 4.66. The van der Waals surface area contributed by atoms with Gasteiger partial charge in [-0.2, -0.15) is 0 Å². The second-order valence-electron chi connectivity index (χ2n) is 6.55. The molecule has 0 amide bonds. The average molecular weight is 341 g/mol. The quantitative estimate of drug-likeness (QED) is 0.741. The molecular formula is C21H24FNO2. The maximum absolute atomic E-state index is 14.2. The highest BCUT2D eigenvalue weighted by molar-refractivity contribution is 5.72. The zero-order chi connectivity index (χ0) is 17.6. The van der Waals surface area contributed by atoms with E-state index in [9.17, 15) is 9.18 Å². The number of carbonyl (C=O) groups is 1. The number of rotatable bonds is 5. The second-order valence-corrected chi connectivity index (χ2v) is 6.55. The van der Waals surface area contributed by atoms with Crippen molar-refractivity contribution in [1.82, 2.24) is 4.90 Å². The number of halogens is 1. The summed E-state index contributed by atoms with van der Waals surface area (Å²) in [5.41, 5.74) is 1.64. The van der Waals surface area contributed by atoms with Crippen LogP contribution in [-0.2, 0) is 9.53 Å². The lowest BCUT2D eigenvalue weighted by Gasteiger charge is -2.35. The Morgan fingerprint density at radius 3 is 2.64 bits per heavy atom. The first-order valence-electron chi connectivity index (χ1n) is 8.88. The number of benzene rings is 2. The number of nitrogens with zero attached hydrogens (tertiary/aromatic N) is 1. The van der Waals surface area contributed by atoms with Gasteiger partial charge in [0.05, 0.1) is 6.54 Å². The van der Waals surface area contributed by atoms with E-state index in [4.69, 9.17) is 4.74 Å². The minimum atomic E-state index is -0.287. The minimum absolute atomic E-state index is 0.0606. The molecule has 25 heavy (non-hydrogen) atoms. The summed E-state index contributed by atoms with van der Waals surface area (Å²) in [5.74, 6) is -0.468. The van der Waals surface area contributed by atoms with Gasteiger partial charge in [0, 0.05) is 11.6 Å². The summed E-state index contributed by atoms with van der Waals surface area (Å²) in [7, 11) is 0. The Kier molecular flexibility index (Phi) is 5.82. The molecule has 132 valence electrons. The van der Waals surface area contributed by atoms with Gasteiger partial charge in [0.1, 0.15) is 11.9 Å². The van der Waals surface area contributed by atoms with Gasteiger partial charge in [0.15, 0.2) is 0 Å². The highest BCUT2D eigenvalue weighted by Gasteiger charge is 2.28. The van der Waals surface area contributed by atoms with E-state index in [0.29, 0.717) is 5.56 Å². The molecule has 1 aliphatic rings. The summed E-state index contributed by atoms with van der Waals surface area (Å²) < 4.78 is 19.8. The Morgan fingerprint density at radius 2 is 1.88 bits per heavy atom. The smallest absolute Gasteiger partial charge is 0.320 e. The fraction of sp³-hybridized carbons (Fsp3) is 0.381. The second kappa shape index (κ2) is 8.26. The lowest BCUT2D eigenvalue weighted by Crippen LogP contribution is -2.38. The van der Waals surface area contributed by atoms with Crippen LogP contribution in [0.25, 0.3) is 0 Å². The maximum Gasteiger partial charge on any atom is 0.320 e. The van der Waals surface area contributed by atoms with Gasteiger partial charge in [-0.3, -0.25) is 9.69 Å². The molecule has 2 aromatic carbocycles. The third kappa shape index (κ3) is 4.45. The van der Waals surface area contributed by atoms with Crippen LogP contribution in [0.3, 0.4) is 0 Å². The summed E-state index contributed by atoms with van der Waals surface area (Å²) >= 11 is 0. The number of hydrogen-bond donors (Lipinski definition) is 0. The predicted molar refractivity (Wildman–Crippen MR) is 95.5 cm³/mol. The highest BCUT2D eigenvalue weighted by atomic mass is 19.1. The van der Waals surface area contributed by atoms with Crippen molar-refractivity contribution in [1.29, 1.82) is 0 Å². The summed E-state index contributed by atoms with van der Waals surface area (Å²) in [6.45, 7) is 2.85. The molecule has 0 spiro atoms. The molecule has 4 heteroatoms. The van der Waals surface area contributed by atoms with Gasteiger partial charge in [-0.25, -0.2) is 4.39 Å². The molecule has 3 rings (SSSR count). The van der Waals surface area contributed by atoms with E-state index in [1.165, 1.54) is 6.07 Å². The van der Waals surface area contributed by atoms with Crippen molar-refractivity contribution in [2.45, 2.75) is 38.3 Å². The first-order chi connectivity index (χ1) is 12.1. The van der Waals surface area contributed by atoms with Crippen LogP contribution >= 0.6 is 0 Å². The molecule has 1 saturated heterocycles. The molecule has 2 atom stereocenters. The monoisotopic (exact) mass is 341 g/mol. The average Bonchev–Trinajstić information content (AvgIpc) is 2.63. The van der Waals surface area contributed by atoms with Crippen LogP contribution in [0.1, 0.15) is 49.5 Å².